The molecule has 0 bridgehead atoms. The SMILES string of the molecule is Cc1nn(C)cc1C(=O)NCC1CCCN(Cc2ccnn2C)C1. The number of hydrogen-bond acceptors (Lipinski definition) is 4. The smallest absolute Gasteiger partial charge is 0.254 e. The Bertz CT molecular complexity index is 704. The van der Waals surface area contributed by atoms with Crippen molar-refractivity contribution in [1.82, 2.24) is 29.8 Å². The summed E-state index contributed by atoms with van der Waals surface area (Å²) >= 11 is 0. The van der Waals surface area contributed by atoms with Crippen LogP contribution in [0.5, 0.6) is 0 Å². The van der Waals surface area contributed by atoms with Crippen LogP contribution in [-0.4, -0.2) is 50.0 Å². The predicted molar refractivity (Wildman–Crippen MR) is 91.5 cm³/mol. The van der Waals surface area contributed by atoms with E-state index < -0.39 is 0 Å². The van der Waals surface area contributed by atoms with Gasteiger partial charge in [0.25, 0.3) is 5.91 Å². The lowest BCUT2D eigenvalue weighted by Crippen LogP contribution is -2.40. The fourth-order valence-electron chi connectivity index (χ4n) is 3.40. The third-order valence-corrected chi connectivity index (χ3v) is 4.72. The average molecular weight is 330 g/mol. The number of nitrogens with zero attached hydrogens (tertiary/aromatic N) is 5. The molecular formula is C17H26N6O. The molecule has 0 spiro atoms. The molecule has 7 nitrogen and oxygen atoms in total. The highest BCUT2D eigenvalue weighted by Crippen LogP contribution is 2.18. The first-order valence-electron chi connectivity index (χ1n) is 8.50. The molecule has 1 aliphatic heterocycles. The molecule has 24 heavy (non-hydrogen) atoms. The van der Waals surface area contributed by atoms with Gasteiger partial charge in [-0.25, -0.2) is 0 Å². The van der Waals surface area contributed by atoms with Crippen molar-refractivity contribution >= 4 is 5.91 Å². The number of hydrogen-bond donors (Lipinski definition) is 1. The summed E-state index contributed by atoms with van der Waals surface area (Å²) in [4.78, 5) is 14.8. The van der Waals surface area contributed by atoms with Gasteiger partial charge in [0.2, 0.25) is 0 Å². The van der Waals surface area contributed by atoms with Gasteiger partial charge in [-0.3, -0.25) is 19.1 Å². The molecule has 1 fully saturated rings. The number of rotatable bonds is 5. The van der Waals surface area contributed by atoms with Crippen molar-refractivity contribution in [3.8, 4) is 0 Å². The zero-order chi connectivity index (χ0) is 17.1. The van der Waals surface area contributed by atoms with Gasteiger partial charge in [0.05, 0.1) is 17.0 Å². The highest BCUT2D eigenvalue weighted by Gasteiger charge is 2.22. The van der Waals surface area contributed by atoms with E-state index in [0.717, 1.165) is 38.3 Å². The molecule has 0 saturated carbocycles. The number of nitrogens with one attached hydrogen (secondary N) is 1. The third-order valence-electron chi connectivity index (χ3n) is 4.72. The van der Waals surface area contributed by atoms with E-state index in [-0.39, 0.29) is 5.91 Å². The van der Waals surface area contributed by atoms with Crippen molar-refractivity contribution in [3.63, 3.8) is 0 Å². The maximum Gasteiger partial charge on any atom is 0.254 e. The van der Waals surface area contributed by atoms with Crippen LogP contribution in [0.1, 0.15) is 34.6 Å². The molecule has 0 aromatic carbocycles. The first-order valence-corrected chi connectivity index (χ1v) is 8.50. The van der Waals surface area contributed by atoms with E-state index >= 15 is 0 Å². The van der Waals surface area contributed by atoms with E-state index in [0.29, 0.717) is 11.5 Å². The van der Waals surface area contributed by atoms with Gasteiger partial charge >= 0.3 is 0 Å². The average Bonchev–Trinajstić information content (AvgIpc) is 3.11. The van der Waals surface area contributed by atoms with Gasteiger partial charge in [-0.2, -0.15) is 10.2 Å². The van der Waals surface area contributed by atoms with E-state index in [1.54, 1.807) is 10.9 Å². The lowest BCUT2D eigenvalue weighted by Gasteiger charge is -2.32. The maximum absolute atomic E-state index is 12.3. The molecule has 0 aliphatic carbocycles. The Labute approximate surface area is 142 Å². The molecule has 1 unspecified atom stereocenters. The van der Waals surface area contributed by atoms with Crippen LogP contribution in [0, 0.1) is 12.8 Å². The van der Waals surface area contributed by atoms with Crippen molar-refractivity contribution in [2.75, 3.05) is 19.6 Å². The van der Waals surface area contributed by atoms with Crippen molar-refractivity contribution < 1.29 is 4.79 Å². The van der Waals surface area contributed by atoms with Crippen LogP contribution in [0.15, 0.2) is 18.5 Å². The van der Waals surface area contributed by atoms with Crippen LogP contribution in [-0.2, 0) is 20.6 Å². The molecule has 0 radical (unpaired) electrons. The fourth-order valence-corrected chi connectivity index (χ4v) is 3.40. The second-order valence-electron chi connectivity index (χ2n) is 6.70. The Hall–Kier alpha value is -2.15. The molecule has 2 aromatic heterocycles. The lowest BCUT2D eigenvalue weighted by molar-refractivity contribution is 0.0929. The highest BCUT2D eigenvalue weighted by atomic mass is 16.1. The zero-order valence-electron chi connectivity index (χ0n) is 14.7. The summed E-state index contributed by atoms with van der Waals surface area (Å²) in [6.07, 6.45) is 5.95. The maximum atomic E-state index is 12.3. The van der Waals surface area contributed by atoms with Gasteiger partial charge in [0, 0.05) is 46.1 Å². The van der Waals surface area contributed by atoms with Crippen LogP contribution < -0.4 is 5.32 Å². The van der Waals surface area contributed by atoms with E-state index in [1.165, 1.54) is 12.1 Å². The Kier molecular flexibility index (Phi) is 4.99. The van der Waals surface area contributed by atoms with Crippen molar-refractivity contribution in [2.24, 2.45) is 20.0 Å². The van der Waals surface area contributed by atoms with E-state index in [1.807, 2.05) is 31.9 Å². The van der Waals surface area contributed by atoms with Crippen molar-refractivity contribution in [3.05, 3.63) is 35.4 Å². The summed E-state index contributed by atoms with van der Waals surface area (Å²) in [6, 6.07) is 2.07. The number of carbonyl (C=O) groups excluding carboxylic acids is 1. The molecule has 130 valence electrons. The molecule has 1 atom stereocenters. The van der Waals surface area contributed by atoms with Gasteiger partial charge < -0.3 is 5.32 Å². The van der Waals surface area contributed by atoms with Crippen LogP contribution in [0.25, 0.3) is 0 Å². The summed E-state index contributed by atoms with van der Waals surface area (Å²) < 4.78 is 3.61. The van der Waals surface area contributed by atoms with Gasteiger partial charge in [-0.05, 0) is 38.3 Å². The molecule has 1 saturated heterocycles. The first-order chi connectivity index (χ1) is 11.5. The van der Waals surface area contributed by atoms with Gasteiger partial charge in [0.1, 0.15) is 0 Å². The quantitative estimate of drug-likeness (QED) is 0.891. The van der Waals surface area contributed by atoms with Crippen molar-refractivity contribution in [2.45, 2.75) is 26.3 Å². The number of likely N-dealkylation sites (tertiary alicyclic amines) is 1. The summed E-state index contributed by atoms with van der Waals surface area (Å²) in [6.45, 7) is 5.62. The summed E-state index contributed by atoms with van der Waals surface area (Å²) in [5, 5.41) is 11.5. The van der Waals surface area contributed by atoms with Gasteiger partial charge in [0.15, 0.2) is 0 Å². The largest absolute Gasteiger partial charge is 0.352 e. The van der Waals surface area contributed by atoms with Gasteiger partial charge in [-0.15, -0.1) is 0 Å². The topological polar surface area (TPSA) is 68.0 Å². The number of carbonyl (C=O) groups is 1. The summed E-state index contributed by atoms with van der Waals surface area (Å²) in [5.41, 5.74) is 2.67. The molecule has 2 aromatic rings. The second kappa shape index (κ2) is 7.17. The minimum absolute atomic E-state index is 0.0237. The summed E-state index contributed by atoms with van der Waals surface area (Å²) in [7, 11) is 3.81. The number of aromatic nitrogens is 4. The Morgan fingerprint density at radius 1 is 1.42 bits per heavy atom. The molecule has 7 heteroatoms. The number of amides is 1. The molecule has 1 aliphatic rings. The molecule has 1 N–H and O–H groups in total. The Morgan fingerprint density at radius 3 is 2.92 bits per heavy atom. The lowest BCUT2D eigenvalue weighted by atomic mass is 9.97. The summed E-state index contributed by atoms with van der Waals surface area (Å²) in [5.74, 6) is 0.470. The Morgan fingerprint density at radius 2 is 2.25 bits per heavy atom. The van der Waals surface area contributed by atoms with E-state index in [4.69, 9.17) is 0 Å². The molecule has 1 amide bonds. The molecular weight excluding hydrogens is 304 g/mol. The molecule has 3 rings (SSSR count). The first kappa shape index (κ1) is 16.7. The monoisotopic (exact) mass is 330 g/mol. The predicted octanol–water partition coefficient (Wildman–Crippen LogP) is 1.10. The second-order valence-corrected chi connectivity index (χ2v) is 6.70. The zero-order valence-corrected chi connectivity index (χ0v) is 14.7. The number of aryl methyl sites for hydroxylation is 3. The standard InChI is InChI=1S/C17H26N6O/c1-13-16(12-21(2)20-13)17(24)18-9-14-5-4-8-23(10-14)11-15-6-7-19-22(15)3/h6-7,12,14H,4-5,8-11H2,1-3H3,(H,18,24). The van der Waals surface area contributed by atoms with E-state index in [9.17, 15) is 4.79 Å². The molecule has 3 heterocycles. The highest BCUT2D eigenvalue weighted by molar-refractivity contribution is 5.94. The van der Waals surface area contributed by atoms with Crippen LogP contribution in [0.2, 0.25) is 0 Å². The van der Waals surface area contributed by atoms with Gasteiger partial charge in [-0.1, -0.05) is 0 Å². The fraction of sp³-hybridized carbons (Fsp3) is 0.588. The third kappa shape index (κ3) is 3.84. The normalized spacial score (nSPS) is 18.7. The van der Waals surface area contributed by atoms with Crippen LogP contribution in [0.3, 0.4) is 0 Å². The minimum Gasteiger partial charge on any atom is -0.352 e. The van der Waals surface area contributed by atoms with Crippen LogP contribution in [0.4, 0.5) is 0 Å². The minimum atomic E-state index is -0.0237. The van der Waals surface area contributed by atoms with Crippen LogP contribution >= 0.6 is 0 Å². The van der Waals surface area contributed by atoms with Crippen molar-refractivity contribution in [1.29, 1.82) is 0 Å². The van der Waals surface area contributed by atoms with E-state index in [2.05, 4.69) is 26.5 Å². The number of piperidine rings is 1. The Balaban J connectivity index is 1.51.